The van der Waals surface area contributed by atoms with Crippen LogP contribution in [0.2, 0.25) is 10.0 Å². The zero-order valence-electron chi connectivity index (χ0n) is 8.04. The van der Waals surface area contributed by atoms with Crippen LogP contribution in [-0.2, 0) is 0 Å². The number of benzene rings is 1. The van der Waals surface area contributed by atoms with Crippen LogP contribution in [0, 0.1) is 6.92 Å². The third-order valence-corrected chi connectivity index (χ3v) is 2.75. The van der Waals surface area contributed by atoms with Crippen molar-refractivity contribution < 1.29 is 0 Å². The minimum absolute atomic E-state index is 0.446. The minimum Gasteiger partial charge on any atom is -0.397 e. The van der Waals surface area contributed by atoms with E-state index in [9.17, 15) is 0 Å². The van der Waals surface area contributed by atoms with Crippen molar-refractivity contribution in [2.24, 2.45) is 0 Å². The number of hydrogen-bond donors (Lipinski definition) is 1. The van der Waals surface area contributed by atoms with Crippen molar-refractivity contribution >= 4 is 28.9 Å². The van der Waals surface area contributed by atoms with Crippen molar-refractivity contribution in [3.05, 3.63) is 40.1 Å². The van der Waals surface area contributed by atoms with Crippen molar-refractivity contribution in [2.45, 2.75) is 6.92 Å². The topological polar surface area (TPSA) is 43.8 Å². The Morgan fingerprint density at radius 3 is 2.53 bits per heavy atom. The number of aromatic nitrogens is 2. The maximum Gasteiger partial charge on any atom is 0.0890 e. The second-order valence-electron chi connectivity index (χ2n) is 3.29. The number of hydrogen-bond acceptors (Lipinski definition) is 2. The molecule has 0 aliphatic carbocycles. The molecule has 15 heavy (non-hydrogen) atoms. The quantitative estimate of drug-likeness (QED) is 0.781. The molecule has 0 bridgehead atoms. The summed E-state index contributed by atoms with van der Waals surface area (Å²) in [5.41, 5.74) is 8.17. The molecule has 5 heteroatoms. The van der Waals surface area contributed by atoms with E-state index in [0.717, 1.165) is 11.3 Å². The summed E-state index contributed by atoms with van der Waals surface area (Å²) in [5.74, 6) is 0. The van der Waals surface area contributed by atoms with Crippen molar-refractivity contribution in [2.75, 3.05) is 5.73 Å². The molecule has 2 aromatic rings. The first kappa shape index (κ1) is 10.3. The molecule has 0 aliphatic rings. The molecule has 78 valence electrons. The number of halogens is 2. The molecule has 1 aromatic heterocycles. The molecule has 0 spiro atoms. The van der Waals surface area contributed by atoms with Crippen molar-refractivity contribution in [3.63, 3.8) is 0 Å². The summed E-state index contributed by atoms with van der Waals surface area (Å²) in [6.45, 7) is 1.96. The first-order valence-corrected chi connectivity index (χ1v) is 5.09. The van der Waals surface area contributed by atoms with Gasteiger partial charge in [0, 0.05) is 6.20 Å². The maximum atomic E-state index is 5.91. The molecule has 0 unspecified atom stereocenters. The highest BCUT2D eigenvalue weighted by Crippen LogP contribution is 2.29. The van der Waals surface area contributed by atoms with Gasteiger partial charge >= 0.3 is 0 Å². The van der Waals surface area contributed by atoms with Crippen LogP contribution in [0.15, 0.2) is 24.5 Å². The third kappa shape index (κ3) is 1.94. The molecule has 1 heterocycles. The summed E-state index contributed by atoms with van der Waals surface area (Å²) in [7, 11) is 0. The van der Waals surface area contributed by atoms with Gasteiger partial charge in [0.25, 0.3) is 0 Å². The van der Waals surface area contributed by atoms with E-state index in [1.807, 2.05) is 13.1 Å². The zero-order chi connectivity index (χ0) is 11.0. The molecule has 0 fully saturated rings. The van der Waals surface area contributed by atoms with Gasteiger partial charge < -0.3 is 5.73 Å². The average molecular weight is 242 g/mol. The van der Waals surface area contributed by atoms with Crippen molar-refractivity contribution in [1.82, 2.24) is 9.78 Å². The van der Waals surface area contributed by atoms with Gasteiger partial charge in [-0.1, -0.05) is 23.2 Å². The summed E-state index contributed by atoms with van der Waals surface area (Å²) in [6.07, 6.45) is 3.62. The number of nitrogens with zero attached hydrogens (tertiary/aromatic N) is 2. The lowest BCUT2D eigenvalue weighted by atomic mass is 10.2. The lowest BCUT2D eigenvalue weighted by Crippen LogP contribution is -2.00. The van der Waals surface area contributed by atoms with Gasteiger partial charge in [0.1, 0.15) is 0 Å². The van der Waals surface area contributed by atoms with Gasteiger partial charge in [0.05, 0.1) is 27.6 Å². The fourth-order valence-electron chi connectivity index (χ4n) is 1.29. The largest absolute Gasteiger partial charge is 0.397 e. The maximum absolute atomic E-state index is 5.91. The second-order valence-corrected chi connectivity index (χ2v) is 4.10. The number of nitrogen functional groups attached to an aromatic ring is 1. The van der Waals surface area contributed by atoms with Crippen LogP contribution in [0.4, 0.5) is 5.69 Å². The standard InChI is InChI=1S/C10H9Cl2N3/c1-6-4-14-15(5-6)10-3-8(12)7(11)2-9(10)13/h2-5H,13H2,1H3. The highest BCUT2D eigenvalue weighted by molar-refractivity contribution is 6.42. The Balaban J connectivity index is 2.58. The predicted molar refractivity (Wildman–Crippen MR) is 62.7 cm³/mol. The van der Waals surface area contributed by atoms with E-state index in [1.165, 1.54) is 0 Å². The molecular formula is C10H9Cl2N3. The number of aryl methyl sites for hydroxylation is 1. The third-order valence-electron chi connectivity index (χ3n) is 2.03. The van der Waals surface area contributed by atoms with E-state index in [2.05, 4.69) is 5.10 Å². The Bertz CT molecular complexity index is 505. The monoisotopic (exact) mass is 241 g/mol. The molecule has 2 rings (SSSR count). The van der Waals surface area contributed by atoms with Crippen LogP contribution in [-0.4, -0.2) is 9.78 Å². The molecule has 0 amide bonds. The smallest absolute Gasteiger partial charge is 0.0890 e. The Morgan fingerprint density at radius 1 is 1.27 bits per heavy atom. The van der Waals surface area contributed by atoms with E-state index < -0.39 is 0 Å². The summed E-state index contributed by atoms with van der Waals surface area (Å²) in [4.78, 5) is 0. The van der Waals surface area contributed by atoms with Crippen LogP contribution in [0.3, 0.4) is 0 Å². The average Bonchev–Trinajstić information content (AvgIpc) is 2.58. The Hall–Kier alpha value is -1.19. The Kier molecular flexibility index (Phi) is 2.59. The normalized spacial score (nSPS) is 10.6. The fraction of sp³-hybridized carbons (Fsp3) is 0.100. The van der Waals surface area contributed by atoms with E-state index in [-0.39, 0.29) is 0 Å². The van der Waals surface area contributed by atoms with Gasteiger partial charge in [0.2, 0.25) is 0 Å². The van der Waals surface area contributed by atoms with Gasteiger partial charge in [0.15, 0.2) is 0 Å². The van der Waals surface area contributed by atoms with Gasteiger partial charge in [-0.3, -0.25) is 0 Å². The molecule has 0 atom stereocenters. The van der Waals surface area contributed by atoms with Gasteiger partial charge in [-0.05, 0) is 24.6 Å². The summed E-state index contributed by atoms with van der Waals surface area (Å²) in [5, 5.41) is 5.07. The zero-order valence-corrected chi connectivity index (χ0v) is 9.55. The Labute approximate surface area is 97.4 Å². The van der Waals surface area contributed by atoms with Crippen LogP contribution < -0.4 is 5.73 Å². The molecule has 0 radical (unpaired) electrons. The van der Waals surface area contributed by atoms with Crippen molar-refractivity contribution in [1.29, 1.82) is 0 Å². The van der Waals surface area contributed by atoms with Gasteiger partial charge in [-0.2, -0.15) is 5.10 Å². The van der Waals surface area contributed by atoms with Crippen LogP contribution in [0.1, 0.15) is 5.56 Å². The van der Waals surface area contributed by atoms with Crippen LogP contribution in [0.5, 0.6) is 0 Å². The minimum atomic E-state index is 0.446. The Morgan fingerprint density at radius 2 is 1.93 bits per heavy atom. The lowest BCUT2D eigenvalue weighted by molar-refractivity contribution is 0.883. The van der Waals surface area contributed by atoms with E-state index in [4.69, 9.17) is 28.9 Å². The molecule has 0 saturated carbocycles. The molecule has 1 aromatic carbocycles. The summed E-state index contributed by atoms with van der Waals surface area (Å²) >= 11 is 11.8. The predicted octanol–water partition coefficient (Wildman–Crippen LogP) is 3.07. The number of nitrogens with two attached hydrogens (primary N) is 1. The fourth-order valence-corrected chi connectivity index (χ4v) is 1.62. The van der Waals surface area contributed by atoms with E-state index in [1.54, 1.807) is 23.0 Å². The SMILES string of the molecule is Cc1cnn(-c2cc(Cl)c(Cl)cc2N)c1. The molecule has 0 aliphatic heterocycles. The van der Waals surface area contributed by atoms with E-state index in [0.29, 0.717) is 15.7 Å². The highest BCUT2D eigenvalue weighted by Gasteiger charge is 2.07. The summed E-state index contributed by atoms with van der Waals surface area (Å²) < 4.78 is 1.67. The molecule has 0 saturated heterocycles. The van der Waals surface area contributed by atoms with Gasteiger partial charge in [-0.15, -0.1) is 0 Å². The highest BCUT2D eigenvalue weighted by atomic mass is 35.5. The van der Waals surface area contributed by atoms with Gasteiger partial charge in [-0.25, -0.2) is 4.68 Å². The molecule has 3 nitrogen and oxygen atoms in total. The van der Waals surface area contributed by atoms with Crippen LogP contribution >= 0.6 is 23.2 Å². The molecular weight excluding hydrogens is 233 g/mol. The second kappa shape index (κ2) is 3.76. The first-order valence-electron chi connectivity index (χ1n) is 4.34. The lowest BCUT2D eigenvalue weighted by Gasteiger charge is -2.07. The first-order chi connectivity index (χ1) is 7.08. The summed E-state index contributed by atoms with van der Waals surface area (Å²) in [6, 6.07) is 3.32. The number of anilines is 1. The number of rotatable bonds is 1. The van der Waals surface area contributed by atoms with Crippen molar-refractivity contribution in [3.8, 4) is 5.69 Å². The van der Waals surface area contributed by atoms with Crippen LogP contribution in [0.25, 0.3) is 5.69 Å². The van der Waals surface area contributed by atoms with E-state index >= 15 is 0 Å². The molecule has 2 N–H and O–H groups in total.